The molecule has 1 aromatic carbocycles. The number of allylic oxidation sites excluding steroid dienone is 1. The molecule has 0 bridgehead atoms. The van der Waals surface area contributed by atoms with Crippen LogP contribution < -0.4 is 25.4 Å². The van der Waals surface area contributed by atoms with Gasteiger partial charge in [-0.25, -0.2) is 4.98 Å². The van der Waals surface area contributed by atoms with Gasteiger partial charge < -0.3 is 34.9 Å². The summed E-state index contributed by atoms with van der Waals surface area (Å²) in [6.07, 6.45) is 8.06. The Morgan fingerprint density at radius 1 is 1.15 bits per heavy atom. The fraction of sp³-hybridized carbons (Fsp3) is 0.444. The maximum Gasteiger partial charge on any atom is 0.272 e. The first kappa shape index (κ1) is 40.2. The van der Waals surface area contributed by atoms with Crippen LogP contribution in [-0.4, -0.2) is 72.6 Å². The molecule has 47 heavy (non-hydrogen) atoms. The lowest BCUT2D eigenvalue weighted by atomic mass is 9.85. The Kier molecular flexibility index (Phi) is 16.2. The Hall–Kier alpha value is -4.82. The van der Waals surface area contributed by atoms with Gasteiger partial charge in [-0.1, -0.05) is 34.6 Å². The molecule has 0 fully saturated rings. The van der Waals surface area contributed by atoms with Gasteiger partial charge in [0.15, 0.2) is 5.75 Å². The SMILES string of the molecule is C#CC.C/C=C(/Oc1ccnc(NCCN(C)C)n1)c1c(C)cc(C(=O)Nc2cc(C(C)(C)C)cc(C(=O)NC)c2OC)n1C.CC. The Labute approximate surface area is 281 Å². The Balaban J connectivity index is 0.00000208. The molecule has 11 nitrogen and oxygen atoms in total. The highest BCUT2D eigenvalue weighted by molar-refractivity contribution is 6.07. The average Bonchev–Trinajstić information content (AvgIpc) is 3.33. The summed E-state index contributed by atoms with van der Waals surface area (Å²) in [5, 5.41) is 8.82. The summed E-state index contributed by atoms with van der Waals surface area (Å²) in [6, 6.07) is 7.13. The maximum atomic E-state index is 13.7. The van der Waals surface area contributed by atoms with Crippen LogP contribution in [0.2, 0.25) is 0 Å². The molecule has 0 atom stereocenters. The van der Waals surface area contributed by atoms with Crippen LogP contribution in [0, 0.1) is 19.3 Å². The number of nitrogens with one attached hydrogen (secondary N) is 3. The normalized spacial score (nSPS) is 10.9. The van der Waals surface area contributed by atoms with Gasteiger partial charge in [0.1, 0.15) is 11.5 Å². The maximum absolute atomic E-state index is 13.7. The zero-order valence-electron chi connectivity index (χ0n) is 30.4. The van der Waals surface area contributed by atoms with E-state index < -0.39 is 0 Å². The molecule has 2 heterocycles. The van der Waals surface area contributed by atoms with E-state index in [-0.39, 0.29) is 23.0 Å². The van der Waals surface area contributed by atoms with Gasteiger partial charge >= 0.3 is 0 Å². The second kappa shape index (κ2) is 19.0. The molecule has 0 radical (unpaired) electrons. The van der Waals surface area contributed by atoms with Crippen LogP contribution in [-0.2, 0) is 12.5 Å². The zero-order chi connectivity index (χ0) is 35.9. The number of anilines is 2. The molecule has 0 aliphatic carbocycles. The number of likely N-dealkylation sites (N-methyl/N-ethyl adjacent to an activating group) is 1. The lowest BCUT2D eigenvalue weighted by molar-refractivity contribution is 0.0957. The number of hydrogen-bond acceptors (Lipinski definition) is 8. The number of terminal acetylenes is 1. The molecule has 3 rings (SSSR count). The predicted octanol–water partition coefficient (Wildman–Crippen LogP) is 6.12. The number of aromatic nitrogens is 3. The highest BCUT2D eigenvalue weighted by Gasteiger charge is 2.25. The molecule has 2 amide bonds. The first-order chi connectivity index (χ1) is 22.2. The zero-order valence-corrected chi connectivity index (χ0v) is 30.4. The average molecular weight is 648 g/mol. The van der Waals surface area contributed by atoms with Gasteiger partial charge in [-0.15, -0.1) is 12.3 Å². The van der Waals surface area contributed by atoms with Crippen molar-refractivity contribution in [2.24, 2.45) is 7.05 Å². The van der Waals surface area contributed by atoms with E-state index in [1.807, 2.05) is 74.7 Å². The smallest absolute Gasteiger partial charge is 0.272 e. The first-order valence-electron chi connectivity index (χ1n) is 15.6. The molecule has 256 valence electrons. The van der Waals surface area contributed by atoms with Gasteiger partial charge in [-0.3, -0.25) is 9.59 Å². The van der Waals surface area contributed by atoms with Crippen LogP contribution in [0.15, 0.2) is 36.5 Å². The molecule has 0 spiro atoms. The number of carbonyl (C=O) groups is 2. The molecule has 3 N–H and O–H groups in total. The third kappa shape index (κ3) is 11.2. The van der Waals surface area contributed by atoms with Crippen molar-refractivity contribution in [1.82, 2.24) is 24.8 Å². The van der Waals surface area contributed by atoms with Gasteiger partial charge in [0.25, 0.3) is 11.8 Å². The standard InChI is InChI=1S/C31H43N7O4.C3H4.C2H6/c1-11-24(42-25-12-13-33-30(36-25)34-14-15-37(7)8)26-19(2)16-23(38(26)9)29(40)35-22-18-20(31(3,4)5)17-21(27(22)41-10)28(39)32-6;1-3-2;1-2/h11-13,16-18H,14-15H2,1-10H3,(H,32,39)(H,35,40)(H,33,34,36);1H,2H3;1-2H3/b24-11+;;. The summed E-state index contributed by atoms with van der Waals surface area (Å²) >= 11 is 0. The number of carbonyl (C=O) groups excluding carboxylic acids is 2. The van der Waals surface area contributed by atoms with Crippen molar-refractivity contribution >= 4 is 29.2 Å². The molecule has 0 saturated carbocycles. The molecule has 0 aliphatic rings. The number of benzene rings is 1. The number of ether oxygens (including phenoxy) is 2. The van der Waals surface area contributed by atoms with E-state index in [9.17, 15) is 9.59 Å². The number of hydrogen-bond donors (Lipinski definition) is 3. The van der Waals surface area contributed by atoms with Crippen LogP contribution in [0.25, 0.3) is 5.76 Å². The quantitative estimate of drug-likeness (QED) is 0.168. The Morgan fingerprint density at radius 3 is 2.32 bits per heavy atom. The van der Waals surface area contributed by atoms with Crippen molar-refractivity contribution in [3.8, 4) is 24.0 Å². The van der Waals surface area contributed by atoms with Gasteiger partial charge in [0.05, 0.1) is 24.1 Å². The molecule has 11 heteroatoms. The number of aryl methyl sites for hydroxylation is 1. The third-order valence-corrected chi connectivity index (χ3v) is 6.72. The van der Waals surface area contributed by atoms with E-state index in [1.165, 1.54) is 7.11 Å². The van der Waals surface area contributed by atoms with Crippen LogP contribution in [0.4, 0.5) is 11.6 Å². The van der Waals surface area contributed by atoms with Crippen LogP contribution in [0.3, 0.4) is 0 Å². The highest BCUT2D eigenvalue weighted by Crippen LogP contribution is 2.36. The summed E-state index contributed by atoms with van der Waals surface area (Å²) in [5.74, 6) is 3.27. The van der Waals surface area contributed by atoms with Crippen molar-refractivity contribution in [2.75, 3.05) is 52.0 Å². The van der Waals surface area contributed by atoms with Gasteiger partial charge in [0, 0.05) is 39.4 Å². The van der Waals surface area contributed by atoms with Crippen LogP contribution in [0.1, 0.15) is 86.1 Å². The fourth-order valence-electron chi connectivity index (χ4n) is 4.43. The largest absolute Gasteiger partial charge is 0.494 e. The molecule has 3 aromatic rings. The van der Waals surface area contributed by atoms with E-state index in [2.05, 4.69) is 43.2 Å². The second-order valence-corrected chi connectivity index (χ2v) is 11.5. The van der Waals surface area contributed by atoms with E-state index >= 15 is 0 Å². The first-order valence-corrected chi connectivity index (χ1v) is 15.6. The Bertz CT molecular complexity index is 1560. The minimum Gasteiger partial charge on any atom is -0.494 e. The summed E-state index contributed by atoms with van der Waals surface area (Å²) < 4.78 is 13.6. The summed E-state index contributed by atoms with van der Waals surface area (Å²) in [5.41, 5.74) is 3.34. The Morgan fingerprint density at radius 2 is 1.79 bits per heavy atom. The minimum absolute atomic E-state index is 0.274. The van der Waals surface area contributed by atoms with Crippen LogP contribution in [0.5, 0.6) is 11.6 Å². The van der Waals surface area contributed by atoms with Gasteiger partial charge in [0.2, 0.25) is 11.8 Å². The second-order valence-electron chi connectivity index (χ2n) is 11.5. The molecule has 0 saturated heterocycles. The van der Waals surface area contributed by atoms with E-state index in [0.717, 1.165) is 23.4 Å². The summed E-state index contributed by atoms with van der Waals surface area (Å²) in [6.45, 7) is 17.1. The van der Waals surface area contributed by atoms with E-state index in [1.54, 1.807) is 50.0 Å². The highest BCUT2D eigenvalue weighted by atomic mass is 16.5. The summed E-state index contributed by atoms with van der Waals surface area (Å²) in [4.78, 5) is 37.2. The van der Waals surface area contributed by atoms with Crippen molar-refractivity contribution < 1.29 is 19.1 Å². The van der Waals surface area contributed by atoms with Crippen LogP contribution >= 0.6 is 0 Å². The number of rotatable bonds is 11. The lowest BCUT2D eigenvalue weighted by Crippen LogP contribution is -2.23. The lowest BCUT2D eigenvalue weighted by Gasteiger charge is -2.23. The topological polar surface area (TPSA) is 123 Å². The molecular weight excluding hydrogens is 594 g/mol. The summed E-state index contributed by atoms with van der Waals surface area (Å²) in [7, 11) is 8.84. The van der Waals surface area contributed by atoms with Crippen molar-refractivity contribution in [3.63, 3.8) is 0 Å². The minimum atomic E-state index is -0.357. The molecule has 0 unspecified atom stereocenters. The van der Waals surface area contributed by atoms with Crippen molar-refractivity contribution in [3.05, 3.63) is 64.6 Å². The molecule has 0 aliphatic heterocycles. The third-order valence-electron chi connectivity index (χ3n) is 6.72. The predicted molar refractivity (Wildman–Crippen MR) is 192 cm³/mol. The monoisotopic (exact) mass is 647 g/mol. The van der Waals surface area contributed by atoms with Crippen molar-refractivity contribution in [1.29, 1.82) is 0 Å². The van der Waals surface area contributed by atoms with E-state index in [0.29, 0.717) is 41.1 Å². The number of nitrogens with zero attached hydrogens (tertiary/aromatic N) is 4. The number of methoxy groups -OCH3 is 1. The van der Waals surface area contributed by atoms with Gasteiger partial charge in [-0.05, 0) is 75.7 Å². The van der Waals surface area contributed by atoms with Gasteiger partial charge in [-0.2, -0.15) is 4.98 Å². The molecule has 2 aromatic heterocycles. The number of amides is 2. The fourth-order valence-corrected chi connectivity index (χ4v) is 4.43. The molecular formula is C36H53N7O4. The van der Waals surface area contributed by atoms with Crippen molar-refractivity contribution in [2.45, 2.75) is 60.8 Å². The van der Waals surface area contributed by atoms with E-state index in [4.69, 9.17) is 9.47 Å².